The molecule has 0 fully saturated rings. The lowest BCUT2D eigenvalue weighted by Crippen LogP contribution is -2.41. The number of hydrogen-bond acceptors (Lipinski definition) is 3. The van der Waals surface area contributed by atoms with Crippen molar-refractivity contribution < 1.29 is 5.11 Å². The molecule has 106 valence electrons. The van der Waals surface area contributed by atoms with Gasteiger partial charge in [-0.05, 0) is 43.7 Å². The summed E-state index contributed by atoms with van der Waals surface area (Å²) >= 11 is 0. The maximum Gasteiger partial charge on any atom is 0.0608 e. The number of nitrogens with zero attached hydrogens (tertiary/aromatic N) is 1. The van der Waals surface area contributed by atoms with Crippen molar-refractivity contribution >= 4 is 5.69 Å². The van der Waals surface area contributed by atoms with Gasteiger partial charge in [0.2, 0.25) is 0 Å². The fourth-order valence-electron chi connectivity index (χ4n) is 2.87. The quantitative estimate of drug-likeness (QED) is 0.855. The van der Waals surface area contributed by atoms with E-state index >= 15 is 0 Å². The molecule has 0 radical (unpaired) electrons. The van der Waals surface area contributed by atoms with Crippen molar-refractivity contribution in [3.63, 3.8) is 0 Å². The number of rotatable bonds is 5. The lowest BCUT2D eigenvalue weighted by molar-refractivity contribution is 0.198. The third-order valence-corrected chi connectivity index (χ3v) is 3.97. The van der Waals surface area contributed by atoms with Crippen LogP contribution in [0.15, 0.2) is 24.3 Å². The highest BCUT2D eigenvalue weighted by Gasteiger charge is 2.22. The molecule has 0 saturated heterocycles. The fraction of sp³-hybridized carbons (Fsp3) is 0.625. The van der Waals surface area contributed by atoms with Crippen molar-refractivity contribution in [2.75, 3.05) is 24.6 Å². The average Bonchev–Trinajstić information content (AvgIpc) is 2.38. The Kier molecular flexibility index (Phi) is 4.48. The van der Waals surface area contributed by atoms with Crippen LogP contribution >= 0.6 is 0 Å². The minimum Gasteiger partial charge on any atom is -0.394 e. The molecule has 1 heterocycles. The smallest absolute Gasteiger partial charge is 0.0608 e. The van der Waals surface area contributed by atoms with Gasteiger partial charge in [0, 0.05) is 24.3 Å². The van der Waals surface area contributed by atoms with E-state index in [2.05, 4.69) is 36.1 Å². The van der Waals surface area contributed by atoms with Gasteiger partial charge in [-0.2, -0.15) is 0 Å². The van der Waals surface area contributed by atoms with Crippen molar-refractivity contribution in [1.29, 1.82) is 0 Å². The highest BCUT2D eigenvalue weighted by Crippen LogP contribution is 2.29. The maximum absolute atomic E-state index is 9.19. The summed E-state index contributed by atoms with van der Waals surface area (Å²) in [6.45, 7) is 6.43. The van der Waals surface area contributed by atoms with Gasteiger partial charge in [0.1, 0.15) is 0 Å². The normalized spacial score (nSPS) is 21.9. The second-order valence-electron chi connectivity index (χ2n) is 6.30. The minimum absolute atomic E-state index is 0.0555. The summed E-state index contributed by atoms with van der Waals surface area (Å²) in [5.41, 5.74) is 8.38. The van der Waals surface area contributed by atoms with Gasteiger partial charge in [0.05, 0.1) is 6.61 Å². The van der Waals surface area contributed by atoms with Gasteiger partial charge in [0.15, 0.2) is 0 Å². The molecule has 19 heavy (non-hydrogen) atoms. The summed E-state index contributed by atoms with van der Waals surface area (Å²) < 4.78 is 0. The molecule has 3 heteroatoms. The average molecular weight is 262 g/mol. The topological polar surface area (TPSA) is 49.5 Å². The molecule has 0 saturated carbocycles. The fourth-order valence-corrected chi connectivity index (χ4v) is 2.87. The number of hydrogen-bond donors (Lipinski definition) is 2. The van der Waals surface area contributed by atoms with E-state index in [4.69, 9.17) is 5.73 Å². The first kappa shape index (κ1) is 14.4. The molecule has 1 aliphatic heterocycles. The molecule has 0 spiro atoms. The van der Waals surface area contributed by atoms with E-state index in [0.29, 0.717) is 5.92 Å². The van der Waals surface area contributed by atoms with Crippen LogP contribution in [0.3, 0.4) is 0 Å². The Morgan fingerprint density at radius 3 is 2.89 bits per heavy atom. The van der Waals surface area contributed by atoms with Crippen LogP contribution in [0.2, 0.25) is 0 Å². The highest BCUT2D eigenvalue weighted by molar-refractivity contribution is 5.55. The Labute approximate surface area is 116 Å². The second-order valence-corrected chi connectivity index (χ2v) is 6.30. The number of fused-ring (bicyclic) bond motifs is 1. The first-order valence-corrected chi connectivity index (χ1v) is 7.24. The SMILES string of the molecule is CC1Cc2ccccc2N(CCCC(C)(N)CO)C1. The summed E-state index contributed by atoms with van der Waals surface area (Å²) in [6, 6.07) is 8.69. The Bertz CT molecular complexity index is 417. The molecule has 0 bridgehead atoms. The molecule has 2 rings (SSSR count). The summed E-state index contributed by atoms with van der Waals surface area (Å²) in [5, 5.41) is 9.19. The number of nitrogens with two attached hydrogens (primary N) is 1. The van der Waals surface area contributed by atoms with Gasteiger partial charge < -0.3 is 15.7 Å². The van der Waals surface area contributed by atoms with Crippen LogP contribution in [0.5, 0.6) is 0 Å². The van der Waals surface area contributed by atoms with Gasteiger partial charge in [-0.1, -0.05) is 25.1 Å². The molecule has 1 aliphatic rings. The molecular formula is C16H26N2O. The number of anilines is 1. The molecule has 0 aromatic heterocycles. The second kappa shape index (κ2) is 5.93. The standard InChI is InChI=1S/C16H26N2O/c1-13-10-14-6-3-4-7-15(14)18(11-13)9-5-8-16(2,17)12-19/h3-4,6-7,13,19H,5,8-12,17H2,1-2H3. The molecule has 2 unspecified atom stereocenters. The van der Waals surface area contributed by atoms with Crippen LogP contribution in [-0.4, -0.2) is 30.3 Å². The predicted molar refractivity (Wildman–Crippen MR) is 80.4 cm³/mol. The Morgan fingerprint density at radius 1 is 1.42 bits per heavy atom. The molecule has 1 aromatic rings. The molecule has 0 amide bonds. The van der Waals surface area contributed by atoms with Gasteiger partial charge in [0.25, 0.3) is 0 Å². The Balaban J connectivity index is 1.97. The summed E-state index contributed by atoms with van der Waals surface area (Å²) in [4.78, 5) is 2.47. The van der Waals surface area contributed by atoms with Crippen LogP contribution in [0.4, 0.5) is 5.69 Å². The van der Waals surface area contributed by atoms with Crippen LogP contribution in [0.25, 0.3) is 0 Å². The van der Waals surface area contributed by atoms with Gasteiger partial charge in [-0.3, -0.25) is 0 Å². The maximum atomic E-state index is 9.19. The van der Waals surface area contributed by atoms with Crippen molar-refractivity contribution in [2.24, 2.45) is 11.7 Å². The van der Waals surface area contributed by atoms with Crippen molar-refractivity contribution in [3.8, 4) is 0 Å². The molecular weight excluding hydrogens is 236 g/mol. The monoisotopic (exact) mass is 262 g/mol. The van der Waals surface area contributed by atoms with Crippen LogP contribution in [0, 0.1) is 5.92 Å². The zero-order valence-corrected chi connectivity index (χ0v) is 12.1. The third kappa shape index (κ3) is 3.71. The lowest BCUT2D eigenvalue weighted by Gasteiger charge is -2.35. The lowest BCUT2D eigenvalue weighted by atomic mass is 9.93. The van der Waals surface area contributed by atoms with E-state index in [9.17, 15) is 5.11 Å². The van der Waals surface area contributed by atoms with E-state index in [1.54, 1.807) is 0 Å². The molecule has 3 N–H and O–H groups in total. The van der Waals surface area contributed by atoms with Crippen molar-refractivity contribution in [3.05, 3.63) is 29.8 Å². The molecule has 3 nitrogen and oxygen atoms in total. The van der Waals surface area contributed by atoms with Crippen LogP contribution in [-0.2, 0) is 6.42 Å². The van der Waals surface area contributed by atoms with E-state index in [0.717, 1.165) is 25.9 Å². The van der Waals surface area contributed by atoms with Crippen molar-refractivity contribution in [2.45, 2.75) is 38.6 Å². The molecule has 0 aliphatic carbocycles. The third-order valence-electron chi connectivity index (χ3n) is 3.97. The number of aliphatic hydroxyl groups excluding tert-OH is 1. The van der Waals surface area contributed by atoms with Crippen LogP contribution in [0.1, 0.15) is 32.3 Å². The number of benzene rings is 1. The number of para-hydroxylation sites is 1. The van der Waals surface area contributed by atoms with Gasteiger partial charge >= 0.3 is 0 Å². The first-order chi connectivity index (χ1) is 9.02. The van der Waals surface area contributed by atoms with E-state index in [1.165, 1.54) is 17.7 Å². The predicted octanol–water partition coefficient (Wildman–Crippen LogP) is 2.18. The number of aliphatic hydroxyl groups is 1. The van der Waals surface area contributed by atoms with Gasteiger partial charge in [-0.15, -0.1) is 0 Å². The van der Waals surface area contributed by atoms with E-state index < -0.39 is 5.54 Å². The molecule has 1 aromatic carbocycles. The van der Waals surface area contributed by atoms with Gasteiger partial charge in [-0.25, -0.2) is 0 Å². The van der Waals surface area contributed by atoms with E-state index in [-0.39, 0.29) is 6.61 Å². The van der Waals surface area contributed by atoms with E-state index in [1.807, 2.05) is 6.92 Å². The zero-order valence-electron chi connectivity index (χ0n) is 12.1. The summed E-state index contributed by atoms with van der Waals surface area (Å²) in [6.07, 6.45) is 3.06. The summed E-state index contributed by atoms with van der Waals surface area (Å²) in [7, 11) is 0. The Morgan fingerprint density at radius 2 is 2.16 bits per heavy atom. The first-order valence-electron chi connectivity index (χ1n) is 7.24. The van der Waals surface area contributed by atoms with Crippen LogP contribution < -0.4 is 10.6 Å². The minimum atomic E-state index is -0.444. The zero-order chi connectivity index (χ0) is 13.9. The van der Waals surface area contributed by atoms with Crippen molar-refractivity contribution in [1.82, 2.24) is 0 Å². The summed E-state index contributed by atoms with van der Waals surface area (Å²) in [5.74, 6) is 0.706. The highest BCUT2D eigenvalue weighted by atomic mass is 16.3. The molecule has 2 atom stereocenters. The largest absolute Gasteiger partial charge is 0.394 e. The Hall–Kier alpha value is -1.06.